The number of hydrogen-bond acceptors (Lipinski definition) is 4. The molecule has 17 heavy (non-hydrogen) atoms. The third kappa shape index (κ3) is 2.82. The lowest BCUT2D eigenvalue weighted by atomic mass is 9.94. The van der Waals surface area contributed by atoms with Gasteiger partial charge in [-0.2, -0.15) is 0 Å². The lowest BCUT2D eigenvalue weighted by Crippen LogP contribution is -2.49. The van der Waals surface area contributed by atoms with Gasteiger partial charge in [-0.05, 0) is 32.9 Å². The van der Waals surface area contributed by atoms with E-state index in [1.165, 1.54) is 0 Å². The number of amides is 1. The van der Waals surface area contributed by atoms with Gasteiger partial charge in [0.25, 0.3) is 5.91 Å². The van der Waals surface area contributed by atoms with Gasteiger partial charge in [0.15, 0.2) is 0 Å². The summed E-state index contributed by atoms with van der Waals surface area (Å²) in [4.78, 5) is 18.2. The van der Waals surface area contributed by atoms with Crippen LogP contribution in [-0.4, -0.2) is 52.2 Å². The van der Waals surface area contributed by atoms with Gasteiger partial charge < -0.3 is 10.2 Å². The Morgan fingerprint density at radius 2 is 2.35 bits per heavy atom. The zero-order valence-electron chi connectivity index (χ0n) is 10.5. The molecule has 1 amide bonds. The Morgan fingerprint density at radius 3 is 2.94 bits per heavy atom. The molecule has 6 nitrogen and oxygen atoms in total. The van der Waals surface area contributed by atoms with E-state index in [0.717, 1.165) is 19.5 Å². The highest BCUT2D eigenvalue weighted by molar-refractivity contribution is 5.90. The average molecular weight is 237 g/mol. The molecular formula is C11H19N5O. The molecule has 2 atom stereocenters. The van der Waals surface area contributed by atoms with Crippen LogP contribution in [0.2, 0.25) is 0 Å². The lowest BCUT2D eigenvalue weighted by Gasteiger charge is -2.34. The maximum atomic E-state index is 11.9. The van der Waals surface area contributed by atoms with E-state index in [2.05, 4.69) is 39.4 Å². The summed E-state index contributed by atoms with van der Waals surface area (Å²) in [5.74, 6) is 1.16. The predicted octanol–water partition coefficient (Wildman–Crippen LogP) is 0.183. The summed E-state index contributed by atoms with van der Waals surface area (Å²) >= 11 is 0. The summed E-state index contributed by atoms with van der Waals surface area (Å²) in [5, 5.41) is 9.55. The molecule has 2 unspecified atom stereocenters. The number of hydrogen-bond donors (Lipinski definition) is 2. The van der Waals surface area contributed by atoms with Crippen LogP contribution in [0.25, 0.3) is 0 Å². The number of aromatic nitrogens is 3. The number of H-pyrrole nitrogens is 1. The molecule has 1 aliphatic heterocycles. The maximum absolute atomic E-state index is 11.9. The van der Waals surface area contributed by atoms with Crippen molar-refractivity contribution >= 4 is 5.91 Å². The summed E-state index contributed by atoms with van der Waals surface area (Å²) in [6.07, 6.45) is 0.979. The Hall–Kier alpha value is -1.43. The fourth-order valence-corrected chi connectivity index (χ4v) is 2.25. The summed E-state index contributed by atoms with van der Waals surface area (Å²) in [6.45, 7) is 5.96. The van der Waals surface area contributed by atoms with Crippen molar-refractivity contribution in [2.75, 3.05) is 20.1 Å². The van der Waals surface area contributed by atoms with Crippen LogP contribution in [0.5, 0.6) is 0 Å². The molecule has 0 saturated carbocycles. The van der Waals surface area contributed by atoms with Crippen molar-refractivity contribution in [2.45, 2.75) is 26.3 Å². The second-order valence-electron chi connectivity index (χ2n) is 4.85. The summed E-state index contributed by atoms with van der Waals surface area (Å²) < 4.78 is 0. The molecule has 0 aliphatic carbocycles. The fraction of sp³-hybridized carbons (Fsp3) is 0.727. The van der Waals surface area contributed by atoms with Crippen molar-refractivity contribution in [1.29, 1.82) is 0 Å². The molecule has 2 rings (SSSR count). The molecular weight excluding hydrogens is 218 g/mol. The van der Waals surface area contributed by atoms with E-state index in [1.54, 1.807) is 6.92 Å². The van der Waals surface area contributed by atoms with Crippen molar-refractivity contribution in [3.8, 4) is 0 Å². The van der Waals surface area contributed by atoms with Crippen LogP contribution >= 0.6 is 0 Å². The van der Waals surface area contributed by atoms with E-state index in [1.807, 2.05) is 0 Å². The number of nitrogens with one attached hydrogen (secondary N) is 2. The number of piperidine rings is 1. The number of aryl methyl sites for hydroxylation is 1. The zero-order chi connectivity index (χ0) is 12.4. The largest absolute Gasteiger partial charge is 0.346 e. The predicted molar refractivity (Wildman–Crippen MR) is 63.7 cm³/mol. The van der Waals surface area contributed by atoms with Crippen LogP contribution in [-0.2, 0) is 0 Å². The Balaban J connectivity index is 1.95. The smallest absolute Gasteiger partial charge is 0.291 e. The van der Waals surface area contributed by atoms with Crippen molar-refractivity contribution < 1.29 is 4.79 Å². The van der Waals surface area contributed by atoms with E-state index in [4.69, 9.17) is 0 Å². The van der Waals surface area contributed by atoms with E-state index < -0.39 is 0 Å². The molecule has 2 heterocycles. The highest BCUT2D eigenvalue weighted by atomic mass is 16.2. The Labute approximate surface area is 101 Å². The molecule has 1 aromatic heterocycles. The van der Waals surface area contributed by atoms with Gasteiger partial charge in [0.05, 0.1) is 0 Å². The Morgan fingerprint density at radius 1 is 1.59 bits per heavy atom. The zero-order valence-corrected chi connectivity index (χ0v) is 10.5. The number of rotatable bonds is 2. The number of aromatic amines is 1. The Bertz CT molecular complexity index is 402. The third-order valence-corrected chi connectivity index (χ3v) is 3.23. The molecule has 2 N–H and O–H groups in total. The third-order valence-electron chi connectivity index (χ3n) is 3.23. The minimum Gasteiger partial charge on any atom is -0.346 e. The number of likely N-dealkylation sites (tertiary alicyclic amines) is 1. The molecule has 1 saturated heterocycles. The van der Waals surface area contributed by atoms with Crippen molar-refractivity contribution in [3.63, 3.8) is 0 Å². The minimum atomic E-state index is -0.184. The van der Waals surface area contributed by atoms with Crippen LogP contribution in [0, 0.1) is 12.8 Å². The van der Waals surface area contributed by atoms with Gasteiger partial charge >= 0.3 is 0 Å². The van der Waals surface area contributed by atoms with Gasteiger partial charge in [0.1, 0.15) is 5.82 Å². The summed E-state index contributed by atoms with van der Waals surface area (Å²) in [6, 6.07) is 0.220. The molecule has 6 heteroatoms. The maximum Gasteiger partial charge on any atom is 0.291 e. The first-order chi connectivity index (χ1) is 8.06. The fourth-order valence-electron chi connectivity index (χ4n) is 2.25. The van der Waals surface area contributed by atoms with Gasteiger partial charge in [0.2, 0.25) is 5.82 Å². The second-order valence-corrected chi connectivity index (χ2v) is 4.85. The van der Waals surface area contributed by atoms with E-state index in [0.29, 0.717) is 11.7 Å². The first-order valence-electron chi connectivity index (χ1n) is 5.94. The SMILES string of the molecule is Cc1nc(C(=O)NC2CCN(C)CC2C)n[nH]1. The first kappa shape index (κ1) is 12.0. The molecule has 1 aliphatic rings. The highest BCUT2D eigenvalue weighted by Gasteiger charge is 2.26. The quantitative estimate of drug-likeness (QED) is 0.769. The van der Waals surface area contributed by atoms with Gasteiger partial charge in [0, 0.05) is 12.6 Å². The molecule has 0 radical (unpaired) electrons. The normalized spacial score (nSPS) is 25.8. The molecule has 0 bridgehead atoms. The van der Waals surface area contributed by atoms with Crippen LogP contribution in [0.15, 0.2) is 0 Å². The molecule has 94 valence electrons. The van der Waals surface area contributed by atoms with Gasteiger partial charge in [-0.15, -0.1) is 5.10 Å². The average Bonchev–Trinajstić information content (AvgIpc) is 2.69. The molecule has 0 spiro atoms. The van der Waals surface area contributed by atoms with Crippen LogP contribution < -0.4 is 5.32 Å². The molecule has 1 aromatic rings. The standard InChI is InChI=1S/C11H19N5O/c1-7-6-16(3)5-4-9(7)13-11(17)10-12-8(2)14-15-10/h7,9H,4-6H2,1-3H3,(H,13,17)(H,12,14,15). The molecule has 1 fully saturated rings. The number of carbonyl (C=O) groups is 1. The first-order valence-corrected chi connectivity index (χ1v) is 5.94. The monoisotopic (exact) mass is 237 g/mol. The van der Waals surface area contributed by atoms with Crippen molar-refractivity contribution in [2.24, 2.45) is 5.92 Å². The van der Waals surface area contributed by atoms with Crippen LogP contribution in [0.3, 0.4) is 0 Å². The van der Waals surface area contributed by atoms with E-state index in [-0.39, 0.29) is 17.8 Å². The van der Waals surface area contributed by atoms with Crippen molar-refractivity contribution in [3.05, 3.63) is 11.6 Å². The van der Waals surface area contributed by atoms with Crippen molar-refractivity contribution in [1.82, 2.24) is 25.4 Å². The van der Waals surface area contributed by atoms with E-state index in [9.17, 15) is 4.79 Å². The molecule has 0 aromatic carbocycles. The number of carbonyl (C=O) groups excluding carboxylic acids is 1. The lowest BCUT2D eigenvalue weighted by molar-refractivity contribution is 0.0873. The summed E-state index contributed by atoms with van der Waals surface area (Å²) in [5.41, 5.74) is 0. The van der Waals surface area contributed by atoms with Crippen LogP contribution in [0.1, 0.15) is 29.8 Å². The van der Waals surface area contributed by atoms with Crippen LogP contribution in [0.4, 0.5) is 0 Å². The van der Waals surface area contributed by atoms with Gasteiger partial charge in [-0.3, -0.25) is 9.89 Å². The second kappa shape index (κ2) is 4.83. The van der Waals surface area contributed by atoms with Gasteiger partial charge in [-0.25, -0.2) is 4.98 Å². The Kier molecular flexibility index (Phi) is 3.42. The topological polar surface area (TPSA) is 73.9 Å². The van der Waals surface area contributed by atoms with E-state index >= 15 is 0 Å². The van der Waals surface area contributed by atoms with Gasteiger partial charge in [-0.1, -0.05) is 6.92 Å². The minimum absolute atomic E-state index is 0.184. The highest BCUT2D eigenvalue weighted by Crippen LogP contribution is 2.15. The number of nitrogens with zero attached hydrogens (tertiary/aromatic N) is 3. The summed E-state index contributed by atoms with van der Waals surface area (Å²) in [7, 11) is 2.10.